The first kappa shape index (κ1) is 23.7. The highest BCUT2D eigenvalue weighted by molar-refractivity contribution is 9.11. The van der Waals surface area contributed by atoms with Crippen molar-refractivity contribution in [1.82, 2.24) is 9.66 Å². The van der Waals surface area contributed by atoms with Gasteiger partial charge in [-0.25, -0.2) is 4.98 Å². The van der Waals surface area contributed by atoms with Gasteiger partial charge < -0.3 is 9.47 Å². The molecule has 0 unspecified atom stereocenters. The Morgan fingerprint density at radius 3 is 2.48 bits per heavy atom. The molecule has 0 aliphatic heterocycles. The first-order valence-corrected chi connectivity index (χ1v) is 12.2. The van der Waals surface area contributed by atoms with Gasteiger partial charge in [-0.2, -0.15) is 9.78 Å². The van der Waals surface area contributed by atoms with Crippen LogP contribution in [-0.4, -0.2) is 23.0 Å². The van der Waals surface area contributed by atoms with Crippen molar-refractivity contribution in [3.05, 3.63) is 95.3 Å². The minimum atomic E-state index is -0.240. The zero-order valence-electron chi connectivity index (χ0n) is 17.7. The Balaban J connectivity index is 1.63. The second kappa shape index (κ2) is 10.2. The van der Waals surface area contributed by atoms with Gasteiger partial charge in [0.1, 0.15) is 12.4 Å². The molecule has 0 radical (unpaired) electrons. The second-order valence-corrected chi connectivity index (χ2v) is 9.82. The molecule has 1 aromatic heterocycles. The van der Waals surface area contributed by atoms with Gasteiger partial charge in [0.2, 0.25) is 0 Å². The van der Waals surface area contributed by atoms with E-state index in [1.54, 1.807) is 38.4 Å². The van der Waals surface area contributed by atoms with Crippen LogP contribution in [-0.2, 0) is 6.61 Å². The molecule has 0 saturated heterocycles. The molecule has 9 heteroatoms. The summed E-state index contributed by atoms with van der Waals surface area (Å²) in [7, 11) is 1.58. The van der Waals surface area contributed by atoms with Gasteiger partial charge in [-0.1, -0.05) is 44.0 Å². The van der Waals surface area contributed by atoms with Gasteiger partial charge in [0.05, 0.1) is 28.7 Å². The highest BCUT2D eigenvalue weighted by Gasteiger charge is 2.12. The van der Waals surface area contributed by atoms with E-state index in [0.29, 0.717) is 39.3 Å². The van der Waals surface area contributed by atoms with E-state index in [0.717, 1.165) is 20.1 Å². The zero-order chi connectivity index (χ0) is 23.5. The van der Waals surface area contributed by atoms with Crippen molar-refractivity contribution in [3.8, 4) is 11.5 Å². The molecule has 0 spiro atoms. The van der Waals surface area contributed by atoms with Crippen LogP contribution in [0.2, 0.25) is 0 Å². The predicted molar refractivity (Wildman–Crippen MR) is 141 cm³/mol. The minimum Gasteiger partial charge on any atom is -0.493 e. The van der Waals surface area contributed by atoms with Crippen LogP contribution in [0.1, 0.15) is 17.0 Å². The lowest BCUT2D eigenvalue weighted by molar-refractivity contribution is 0.282. The Labute approximate surface area is 215 Å². The lowest BCUT2D eigenvalue weighted by atomic mass is 10.2. The summed E-state index contributed by atoms with van der Waals surface area (Å²) in [6.45, 7) is 2.14. The monoisotopic (exact) mass is 633 g/mol. The average molecular weight is 636 g/mol. The summed E-state index contributed by atoms with van der Waals surface area (Å²) < 4.78 is 15.3. The van der Waals surface area contributed by atoms with Crippen LogP contribution >= 0.6 is 47.8 Å². The molecule has 3 aromatic carbocycles. The Bertz CT molecular complexity index is 1420. The third-order valence-electron chi connectivity index (χ3n) is 4.84. The summed E-state index contributed by atoms with van der Waals surface area (Å²) in [6.07, 6.45) is 1.59. The third kappa shape index (κ3) is 5.37. The normalized spacial score (nSPS) is 11.3. The molecular formula is C24H18Br3N3O3. The Morgan fingerprint density at radius 2 is 1.76 bits per heavy atom. The van der Waals surface area contributed by atoms with Gasteiger partial charge >= 0.3 is 0 Å². The van der Waals surface area contributed by atoms with Gasteiger partial charge in [0.15, 0.2) is 11.5 Å². The minimum absolute atomic E-state index is 0.240. The number of aryl methyl sites for hydroxylation is 1. The fourth-order valence-corrected chi connectivity index (χ4v) is 4.41. The number of nitrogens with zero attached hydrogens (tertiary/aromatic N) is 3. The van der Waals surface area contributed by atoms with Gasteiger partial charge in [-0.05, 0) is 76.4 Å². The first-order valence-electron chi connectivity index (χ1n) is 9.84. The fourth-order valence-electron chi connectivity index (χ4n) is 3.21. The van der Waals surface area contributed by atoms with Crippen LogP contribution in [0.3, 0.4) is 0 Å². The van der Waals surface area contributed by atoms with Crippen LogP contribution in [0.25, 0.3) is 10.9 Å². The summed E-state index contributed by atoms with van der Waals surface area (Å²) in [5.41, 5.74) is 2.15. The number of benzene rings is 3. The molecule has 0 aliphatic carbocycles. The number of fused-ring (bicyclic) bond motifs is 1. The van der Waals surface area contributed by atoms with Crippen molar-refractivity contribution < 1.29 is 9.47 Å². The van der Waals surface area contributed by atoms with E-state index in [-0.39, 0.29) is 5.56 Å². The predicted octanol–water partition coefficient (Wildman–Crippen LogP) is 6.46. The van der Waals surface area contributed by atoms with Crippen molar-refractivity contribution in [2.45, 2.75) is 13.5 Å². The van der Waals surface area contributed by atoms with Gasteiger partial charge in [0, 0.05) is 8.95 Å². The molecule has 0 N–H and O–H groups in total. The summed E-state index contributed by atoms with van der Waals surface area (Å²) >= 11 is 10.4. The van der Waals surface area contributed by atoms with Crippen molar-refractivity contribution in [1.29, 1.82) is 0 Å². The van der Waals surface area contributed by atoms with E-state index in [1.807, 2.05) is 36.4 Å². The lowest BCUT2D eigenvalue weighted by Crippen LogP contribution is -2.20. The fraction of sp³-hybridized carbons (Fsp3) is 0.125. The van der Waals surface area contributed by atoms with Gasteiger partial charge in [-0.15, -0.1) is 0 Å². The summed E-state index contributed by atoms with van der Waals surface area (Å²) in [5.74, 6) is 1.63. The van der Waals surface area contributed by atoms with Crippen molar-refractivity contribution in [2.24, 2.45) is 5.10 Å². The summed E-state index contributed by atoms with van der Waals surface area (Å²) in [6, 6.07) is 17.0. The molecule has 0 saturated carbocycles. The van der Waals surface area contributed by atoms with E-state index < -0.39 is 0 Å². The Morgan fingerprint density at radius 1 is 1.03 bits per heavy atom. The van der Waals surface area contributed by atoms with Crippen LogP contribution in [0.5, 0.6) is 11.5 Å². The first-order chi connectivity index (χ1) is 15.9. The number of hydrogen-bond donors (Lipinski definition) is 0. The molecule has 6 nitrogen and oxygen atoms in total. The molecule has 33 heavy (non-hydrogen) atoms. The van der Waals surface area contributed by atoms with E-state index in [2.05, 4.69) is 57.9 Å². The van der Waals surface area contributed by atoms with Crippen LogP contribution in [0.4, 0.5) is 0 Å². The molecule has 0 bridgehead atoms. The largest absolute Gasteiger partial charge is 0.493 e. The van der Waals surface area contributed by atoms with E-state index in [4.69, 9.17) is 9.47 Å². The van der Waals surface area contributed by atoms with E-state index in [9.17, 15) is 4.79 Å². The maximum atomic E-state index is 12.9. The number of aromatic nitrogens is 2. The van der Waals surface area contributed by atoms with Crippen LogP contribution < -0.4 is 15.0 Å². The maximum absolute atomic E-state index is 12.9. The van der Waals surface area contributed by atoms with E-state index in [1.165, 1.54) is 4.68 Å². The molecule has 0 aliphatic rings. The molecule has 0 atom stereocenters. The molecule has 0 amide bonds. The number of hydrogen-bond acceptors (Lipinski definition) is 5. The van der Waals surface area contributed by atoms with Crippen molar-refractivity contribution in [3.63, 3.8) is 0 Å². The standard InChI is InChI=1S/C24H18Br3N3O3/c1-14-29-21-8-7-18(26)11-19(21)24(31)30(14)28-12-16-9-20(27)23(22(10-16)32-2)33-13-15-3-5-17(25)6-4-15/h3-12H,13H2,1-2H3. The topological polar surface area (TPSA) is 65.7 Å². The SMILES string of the molecule is COc1cc(C=Nn2c(C)nc3ccc(Br)cc3c2=O)cc(Br)c1OCc1ccc(Br)cc1. The molecule has 4 rings (SSSR count). The van der Waals surface area contributed by atoms with Crippen molar-refractivity contribution in [2.75, 3.05) is 7.11 Å². The number of rotatable bonds is 6. The number of ether oxygens (including phenoxy) is 2. The zero-order valence-corrected chi connectivity index (χ0v) is 22.4. The lowest BCUT2D eigenvalue weighted by Gasteiger charge is -2.13. The maximum Gasteiger partial charge on any atom is 0.282 e. The van der Waals surface area contributed by atoms with Crippen molar-refractivity contribution >= 4 is 64.9 Å². The molecule has 0 fully saturated rings. The Kier molecular flexibility index (Phi) is 7.31. The second-order valence-electron chi connectivity index (χ2n) is 7.13. The van der Waals surface area contributed by atoms with Crippen LogP contribution in [0, 0.1) is 6.92 Å². The van der Waals surface area contributed by atoms with Gasteiger partial charge in [-0.3, -0.25) is 4.79 Å². The average Bonchev–Trinajstić information content (AvgIpc) is 2.79. The van der Waals surface area contributed by atoms with Crippen LogP contribution in [0.15, 0.2) is 77.9 Å². The highest BCUT2D eigenvalue weighted by atomic mass is 79.9. The van der Waals surface area contributed by atoms with Gasteiger partial charge in [0.25, 0.3) is 5.56 Å². The highest BCUT2D eigenvalue weighted by Crippen LogP contribution is 2.37. The molecule has 4 aromatic rings. The Hall–Kier alpha value is -2.49. The third-order valence-corrected chi connectivity index (χ3v) is 6.45. The molecular weight excluding hydrogens is 618 g/mol. The molecule has 168 valence electrons. The quantitative estimate of drug-likeness (QED) is 0.228. The summed E-state index contributed by atoms with van der Waals surface area (Å²) in [4.78, 5) is 17.4. The smallest absolute Gasteiger partial charge is 0.282 e. The van der Waals surface area contributed by atoms with E-state index >= 15 is 0 Å². The number of methoxy groups -OCH3 is 1. The number of halogens is 3. The molecule has 1 heterocycles. The summed E-state index contributed by atoms with van der Waals surface area (Å²) in [5, 5.41) is 4.87.